The van der Waals surface area contributed by atoms with E-state index < -0.39 is 10.0 Å². The Morgan fingerprint density at radius 2 is 2.00 bits per heavy atom. The van der Waals surface area contributed by atoms with Gasteiger partial charge in [-0.15, -0.1) is 0 Å². The van der Waals surface area contributed by atoms with Crippen molar-refractivity contribution in [2.24, 2.45) is 0 Å². The van der Waals surface area contributed by atoms with Gasteiger partial charge in [-0.2, -0.15) is 0 Å². The zero-order chi connectivity index (χ0) is 14.8. The number of sulfonamides is 1. The van der Waals surface area contributed by atoms with Crippen LogP contribution >= 0.6 is 0 Å². The Labute approximate surface area is 119 Å². The molecule has 0 saturated carbocycles. The highest BCUT2D eigenvalue weighted by Gasteiger charge is 2.16. The molecule has 0 spiro atoms. The fourth-order valence-electron chi connectivity index (χ4n) is 1.99. The van der Waals surface area contributed by atoms with E-state index >= 15 is 0 Å². The number of hydrogen-bond acceptors (Lipinski definition) is 3. The van der Waals surface area contributed by atoms with Crippen LogP contribution in [0.3, 0.4) is 0 Å². The van der Waals surface area contributed by atoms with Gasteiger partial charge in [-0.25, -0.2) is 18.1 Å². The molecule has 0 unspecified atom stereocenters. The number of rotatable bonds is 5. The summed E-state index contributed by atoms with van der Waals surface area (Å²) < 4.78 is 27.2. The largest absolute Gasteiger partial charge is 0.346 e. The van der Waals surface area contributed by atoms with Crippen LogP contribution in [0.25, 0.3) is 0 Å². The van der Waals surface area contributed by atoms with Crippen molar-refractivity contribution >= 4 is 10.0 Å². The monoisotopic (exact) mass is 293 g/mol. The first kappa shape index (κ1) is 14.7. The lowest BCUT2D eigenvalue weighted by molar-refractivity contribution is 0.580. The Kier molecular flexibility index (Phi) is 4.25. The van der Waals surface area contributed by atoms with E-state index in [1.807, 2.05) is 26.0 Å². The van der Waals surface area contributed by atoms with Crippen molar-refractivity contribution in [2.45, 2.75) is 32.1 Å². The zero-order valence-corrected chi connectivity index (χ0v) is 12.7. The van der Waals surface area contributed by atoms with Gasteiger partial charge in [-0.1, -0.05) is 12.1 Å². The van der Waals surface area contributed by atoms with Crippen molar-refractivity contribution in [1.29, 1.82) is 0 Å². The van der Waals surface area contributed by atoms with E-state index in [1.165, 1.54) is 0 Å². The minimum Gasteiger partial charge on any atom is -0.346 e. The highest BCUT2D eigenvalue weighted by molar-refractivity contribution is 7.89. The number of imidazole rings is 1. The molecule has 0 aliphatic rings. The van der Waals surface area contributed by atoms with Gasteiger partial charge < -0.3 is 4.98 Å². The van der Waals surface area contributed by atoms with E-state index in [-0.39, 0.29) is 0 Å². The maximum Gasteiger partial charge on any atom is 0.240 e. The predicted molar refractivity (Wildman–Crippen MR) is 78.1 cm³/mol. The average molecular weight is 293 g/mol. The third-order valence-electron chi connectivity index (χ3n) is 3.08. The van der Waals surface area contributed by atoms with Crippen LogP contribution in [0.1, 0.15) is 22.6 Å². The van der Waals surface area contributed by atoms with Crippen LogP contribution in [0.5, 0.6) is 0 Å². The summed E-state index contributed by atoms with van der Waals surface area (Å²) in [6.07, 6.45) is 2.31. The van der Waals surface area contributed by atoms with Crippen molar-refractivity contribution in [3.05, 3.63) is 47.0 Å². The van der Waals surface area contributed by atoms with Crippen molar-refractivity contribution < 1.29 is 8.42 Å². The Balaban J connectivity index is 2.06. The smallest absolute Gasteiger partial charge is 0.240 e. The minimum atomic E-state index is -3.46. The molecule has 0 atom stereocenters. The fraction of sp³-hybridized carbons (Fsp3) is 0.357. The minimum absolute atomic E-state index is 0.345. The summed E-state index contributed by atoms with van der Waals surface area (Å²) in [5.74, 6) is 0.831. The maximum absolute atomic E-state index is 12.3. The van der Waals surface area contributed by atoms with Gasteiger partial charge in [0.1, 0.15) is 5.82 Å². The number of nitrogens with one attached hydrogen (secondary N) is 2. The van der Waals surface area contributed by atoms with E-state index in [2.05, 4.69) is 14.7 Å². The third-order valence-corrected chi connectivity index (χ3v) is 4.68. The van der Waals surface area contributed by atoms with Gasteiger partial charge in [-0.05, 0) is 38.0 Å². The molecule has 0 amide bonds. The van der Waals surface area contributed by atoms with E-state index in [1.54, 1.807) is 19.2 Å². The van der Waals surface area contributed by atoms with Crippen LogP contribution in [0.15, 0.2) is 29.3 Å². The van der Waals surface area contributed by atoms with Crippen LogP contribution in [-0.4, -0.2) is 24.9 Å². The molecule has 0 fully saturated rings. The van der Waals surface area contributed by atoms with Gasteiger partial charge in [0.25, 0.3) is 0 Å². The summed E-state index contributed by atoms with van der Waals surface area (Å²) in [5.41, 5.74) is 2.60. The van der Waals surface area contributed by atoms with Crippen LogP contribution in [0, 0.1) is 20.8 Å². The lowest BCUT2D eigenvalue weighted by Crippen LogP contribution is -2.26. The molecule has 108 valence electrons. The Bertz CT molecular complexity index is 705. The highest BCUT2D eigenvalue weighted by Crippen LogP contribution is 2.16. The number of benzene rings is 1. The summed E-state index contributed by atoms with van der Waals surface area (Å²) in [7, 11) is -3.46. The van der Waals surface area contributed by atoms with Crippen molar-refractivity contribution in [2.75, 3.05) is 6.54 Å². The molecular weight excluding hydrogens is 274 g/mol. The number of aromatic amines is 1. The Hall–Kier alpha value is -1.66. The number of aromatic nitrogens is 2. The number of aryl methyl sites for hydroxylation is 3. The lowest BCUT2D eigenvalue weighted by atomic mass is 10.2. The van der Waals surface area contributed by atoms with Gasteiger partial charge in [0, 0.05) is 24.9 Å². The molecule has 2 rings (SSSR count). The molecule has 0 saturated heterocycles. The summed E-state index contributed by atoms with van der Waals surface area (Å²) in [6.45, 7) is 5.89. The molecule has 2 N–H and O–H groups in total. The maximum atomic E-state index is 12.3. The number of H-pyrrole nitrogens is 1. The molecule has 0 aliphatic carbocycles. The molecule has 0 radical (unpaired) electrons. The molecule has 0 aliphatic heterocycles. The second-order valence-electron chi connectivity index (χ2n) is 4.91. The standard InChI is InChI=1S/C14H19N3O2S/c1-10-4-5-11(2)14(8-10)20(18,19)16-7-6-13-9-15-12(3)17-13/h4-5,8-9,16H,6-7H2,1-3H3,(H,15,17). The molecule has 2 aromatic rings. The predicted octanol–water partition coefficient (Wildman–Crippen LogP) is 1.86. The summed E-state index contributed by atoms with van der Waals surface area (Å²) in [5, 5.41) is 0. The molecule has 20 heavy (non-hydrogen) atoms. The first-order valence-corrected chi connectivity index (χ1v) is 7.94. The lowest BCUT2D eigenvalue weighted by Gasteiger charge is -2.09. The zero-order valence-electron chi connectivity index (χ0n) is 11.9. The Morgan fingerprint density at radius 1 is 1.25 bits per heavy atom. The molecule has 1 aromatic carbocycles. The molecule has 0 bridgehead atoms. The molecule has 1 heterocycles. The van der Waals surface area contributed by atoms with Crippen LogP contribution in [-0.2, 0) is 16.4 Å². The third kappa shape index (κ3) is 3.46. The first-order chi connectivity index (χ1) is 9.38. The molecular formula is C14H19N3O2S. The highest BCUT2D eigenvalue weighted by atomic mass is 32.2. The van der Waals surface area contributed by atoms with Crippen LogP contribution in [0.4, 0.5) is 0 Å². The molecule has 1 aromatic heterocycles. The quantitative estimate of drug-likeness (QED) is 0.883. The van der Waals surface area contributed by atoms with Gasteiger partial charge >= 0.3 is 0 Å². The molecule has 6 heteroatoms. The van der Waals surface area contributed by atoms with Gasteiger partial charge in [0.15, 0.2) is 0 Å². The van der Waals surface area contributed by atoms with E-state index in [9.17, 15) is 8.42 Å². The molecule has 5 nitrogen and oxygen atoms in total. The van der Waals surface area contributed by atoms with Gasteiger partial charge in [-0.3, -0.25) is 0 Å². The van der Waals surface area contributed by atoms with Crippen molar-refractivity contribution in [3.8, 4) is 0 Å². The number of hydrogen-bond donors (Lipinski definition) is 2. The number of nitrogens with zero attached hydrogens (tertiary/aromatic N) is 1. The van der Waals surface area contributed by atoms with E-state index in [0.29, 0.717) is 17.9 Å². The van der Waals surface area contributed by atoms with Gasteiger partial charge in [0.05, 0.1) is 4.90 Å². The van der Waals surface area contributed by atoms with E-state index in [4.69, 9.17) is 0 Å². The van der Waals surface area contributed by atoms with E-state index in [0.717, 1.165) is 22.6 Å². The second-order valence-corrected chi connectivity index (χ2v) is 6.65. The normalized spacial score (nSPS) is 11.8. The summed E-state index contributed by atoms with van der Waals surface area (Å²) in [6, 6.07) is 5.42. The SMILES string of the molecule is Cc1ccc(C)c(S(=O)(=O)NCCc2cnc(C)[nH]2)c1. The first-order valence-electron chi connectivity index (χ1n) is 6.46. The topological polar surface area (TPSA) is 74.8 Å². The summed E-state index contributed by atoms with van der Waals surface area (Å²) in [4.78, 5) is 7.51. The van der Waals surface area contributed by atoms with Crippen LogP contribution in [0.2, 0.25) is 0 Å². The Morgan fingerprint density at radius 3 is 2.65 bits per heavy atom. The second kappa shape index (κ2) is 5.76. The summed E-state index contributed by atoms with van der Waals surface area (Å²) >= 11 is 0. The van der Waals surface area contributed by atoms with Crippen molar-refractivity contribution in [1.82, 2.24) is 14.7 Å². The van der Waals surface area contributed by atoms with Crippen molar-refractivity contribution in [3.63, 3.8) is 0 Å². The average Bonchev–Trinajstić information content (AvgIpc) is 2.78. The fourth-order valence-corrected chi connectivity index (χ4v) is 3.35. The van der Waals surface area contributed by atoms with Gasteiger partial charge in [0.2, 0.25) is 10.0 Å². The van der Waals surface area contributed by atoms with Crippen LogP contribution < -0.4 is 4.72 Å².